The minimum atomic E-state index is 0.227. The van der Waals surface area contributed by atoms with Crippen LogP contribution in [0.15, 0.2) is 23.6 Å². The van der Waals surface area contributed by atoms with Crippen LogP contribution in [0.3, 0.4) is 0 Å². The average Bonchev–Trinajstić information content (AvgIpc) is 2.34. The standard InChI is InChI=1S/C8H5ClOS/c9-7-3-5(10)4-8-6(7)1-2-11-8/h1-4,10H. The summed E-state index contributed by atoms with van der Waals surface area (Å²) in [6, 6.07) is 5.21. The lowest BCUT2D eigenvalue weighted by molar-refractivity contribution is 0.476. The monoisotopic (exact) mass is 184 g/mol. The van der Waals surface area contributed by atoms with E-state index >= 15 is 0 Å². The maximum absolute atomic E-state index is 9.15. The molecule has 1 N–H and O–H groups in total. The van der Waals surface area contributed by atoms with Crippen molar-refractivity contribution in [3.05, 3.63) is 28.6 Å². The van der Waals surface area contributed by atoms with Crippen molar-refractivity contribution in [3.63, 3.8) is 0 Å². The van der Waals surface area contributed by atoms with Crippen LogP contribution in [0.5, 0.6) is 5.75 Å². The van der Waals surface area contributed by atoms with Gasteiger partial charge >= 0.3 is 0 Å². The van der Waals surface area contributed by atoms with Crippen LogP contribution in [0.25, 0.3) is 10.1 Å². The second-order valence-electron chi connectivity index (χ2n) is 2.26. The molecule has 2 rings (SSSR count). The van der Waals surface area contributed by atoms with Gasteiger partial charge in [0.05, 0.1) is 5.02 Å². The van der Waals surface area contributed by atoms with Crippen LogP contribution in [0, 0.1) is 0 Å². The SMILES string of the molecule is Oc1cc(Cl)c2ccsc2c1. The third kappa shape index (κ3) is 1.08. The predicted octanol–water partition coefficient (Wildman–Crippen LogP) is 3.26. The molecule has 0 radical (unpaired) electrons. The number of thiophene rings is 1. The number of fused-ring (bicyclic) bond motifs is 1. The van der Waals surface area contributed by atoms with Crippen molar-refractivity contribution in [1.29, 1.82) is 0 Å². The number of phenols is 1. The molecule has 0 bridgehead atoms. The van der Waals surface area contributed by atoms with Gasteiger partial charge in [0.2, 0.25) is 0 Å². The quantitative estimate of drug-likeness (QED) is 0.667. The Labute approximate surface area is 72.9 Å². The second-order valence-corrected chi connectivity index (χ2v) is 3.61. The molecule has 0 aliphatic carbocycles. The van der Waals surface area contributed by atoms with Gasteiger partial charge in [-0.05, 0) is 23.6 Å². The maximum atomic E-state index is 9.15. The van der Waals surface area contributed by atoms with E-state index in [1.165, 1.54) is 0 Å². The van der Waals surface area contributed by atoms with E-state index in [0.717, 1.165) is 10.1 Å². The summed E-state index contributed by atoms with van der Waals surface area (Å²) < 4.78 is 1.02. The molecule has 0 aliphatic heterocycles. The summed E-state index contributed by atoms with van der Waals surface area (Å²) in [7, 11) is 0. The highest BCUT2D eigenvalue weighted by Crippen LogP contribution is 2.31. The lowest BCUT2D eigenvalue weighted by Crippen LogP contribution is -1.66. The van der Waals surface area contributed by atoms with Gasteiger partial charge in [-0.25, -0.2) is 0 Å². The summed E-state index contributed by atoms with van der Waals surface area (Å²) in [6.07, 6.45) is 0. The fraction of sp³-hybridized carbons (Fsp3) is 0. The molecular weight excluding hydrogens is 180 g/mol. The van der Waals surface area contributed by atoms with E-state index in [9.17, 15) is 0 Å². The summed E-state index contributed by atoms with van der Waals surface area (Å²) in [4.78, 5) is 0. The molecule has 56 valence electrons. The number of rotatable bonds is 0. The van der Waals surface area contributed by atoms with Crippen LogP contribution in [-0.2, 0) is 0 Å². The lowest BCUT2D eigenvalue weighted by Gasteiger charge is -1.94. The molecule has 0 aliphatic rings. The third-order valence-electron chi connectivity index (χ3n) is 1.51. The Morgan fingerprint density at radius 3 is 3.00 bits per heavy atom. The number of aromatic hydroxyl groups is 1. The van der Waals surface area contributed by atoms with Gasteiger partial charge in [0.15, 0.2) is 0 Å². The molecular formula is C8H5ClOS. The first kappa shape index (κ1) is 6.95. The van der Waals surface area contributed by atoms with Crippen LogP contribution >= 0.6 is 22.9 Å². The van der Waals surface area contributed by atoms with E-state index in [4.69, 9.17) is 16.7 Å². The van der Waals surface area contributed by atoms with Crippen LogP contribution in [0.4, 0.5) is 0 Å². The van der Waals surface area contributed by atoms with Crippen LogP contribution in [0.2, 0.25) is 5.02 Å². The fourth-order valence-electron chi connectivity index (χ4n) is 1.01. The van der Waals surface area contributed by atoms with Crippen LogP contribution in [0.1, 0.15) is 0 Å². The summed E-state index contributed by atoms with van der Waals surface area (Å²) in [5.41, 5.74) is 0. The molecule has 3 heteroatoms. The molecule has 11 heavy (non-hydrogen) atoms. The summed E-state index contributed by atoms with van der Waals surface area (Å²) in [5.74, 6) is 0.227. The Bertz CT molecular complexity index is 394. The van der Waals surface area contributed by atoms with Crippen molar-refractivity contribution in [1.82, 2.24) is 0 Å². The molecule has 0 fully saturated rings. The van der Waals surface area contributed by atoms with Gasteiger partial charge < -0.3 is 5.11 Å². The highest BCUT2D eigenvalue weighted by atomic mass is 35.5. The molecule has 0 unspecified atom stereocenters. The first-order valence-corrected chi connectivity index (χ1v) is 4.39. The number of halogens is 1. The van der Waals surface area contributed by atoms with E-state index in [-0.39, 0.29) is 5.75 Å². The first-order chi connectivity index (χ1) is 5.27. The summed E-state index contributed by atoms with van der Waals surface area (Å²) >= 11 is 7.42. The molecule has 2 aromatic rings. The van der Waals surface area contributed by atoms with Gasteiger partial charge in [-0.3, -0.25) is 0 Å². The zero-order valence-electron chi connectivity index (χ0n) is 5.54. The van der Waals surface area contributed by atoms with Crippen molar-refractivity contribution >= 4 is 33.0 Å². The van der Waals surface area contributed by atoms with Crippen molar-refractivity contribution in [2.45, 2.75) is 0 Å². The van der Waals surface area contributed by atoms with Crippen molar-refractivity contribution in [2.24, 2.45) is 0 Å². The Kier molecular flexibility index (Phi) is 1.51. The topological polar surface area (TPSA) is 20.2 Å². The van der Waals surface area contributed by atoms with Gasteiger partial charge in [-0.1, -0.05) is 11.6 Å². The number of phenolic OH excluding ortho intramolecular Hbond substituents is 1. The van der Waals surface area contributed by atoms with Crippen molar-refractivity contribution in [3.8, 4) is 5.75 Å². The zero-order valence-corrected chi connectivity index (χ0v) is 7.12. The highest BCUT2D eigenvalue weighted by molar-refractivity contribution is 7.17. The smallest absolute Gasteiger partial charge is 0.118 e. The van der Waals surface area contributed by atoms with Gasteiger partial charge in [0.1, 0.15) is 5.75 Å². The molecule has 0 saturated carbocycles. The summed E-state index contributed by atoms with van der Waals surface area (Å²) in [6.45, 7) is 0. The number of benzene rings is 1. The van der Waals surface area contributed by atoms with E-state index in [1.807, 2.05) is 11.4 Å². The van der Waals surface area contributed by atoms with Gasteiger partial charge in [0, 0.05) is 10.1 Å². The highest BCUT2D eigenvalue weighted by Gasteiger charge is 2.01. The van der Waals surface area contributed by atoms with Crippen molar-refractivity contribution < 1.29 is 5.11 Å². The van der Waals surface area contributed by atoms with Gasteiger partial charge in [-0.2, -0.15) is 0 Å². The molecule has 1 heterocycles. The molecule has 1 nitrogen and oxygen atoms in total. The number of hydrogen-bond donors (Lipinski definition) is 1. The van der Waals surface area contributed by atoms with Crippen molar-refractivity contribution in [2.75, 3.05) is 0 Å². The van der Waals surface area contributed by atoms with E-state index in [0.29, 0.717) is 5.02 Å². The first-order valence-electron chi connectivity index (χ1n) is 3.13. The summed E-state index contributed by atoms with van der Waals surface area (Å²) in [5, 5.41) is 12.7. The maximum Gasteiger partial charge on any atom is 0.118 e. The Morgan fingerprint density at radius 2 is 2.18 bits per heavy atom. The number of hydrogen-bond acceptors (Lipinski definition) is 2. The fourth-order valence-corrected chi connectivity index (χ4v) is 2.19. The molecule has 0 atom stereocenters. The minimum Gasteiger partial charge on any atom is -0.508 e. The lowest BCUT2D eigenvalue weighted by atomic mass is 10.2. The van der Waals surface area contributed by atoms with Gasteiger partial charge in [-0.15, -0.1) is 11.3 Å². The third-order valence-corrected chi connectivity index (χ3v) is 2.68. The van der Waals surface area contributed by atoms with E-state index in [1.54, 1.807) is 23.5 Å². The Hall–Kier alpha value is -0.730. The Balaban J connectivity index is 2.91. The minimum absolute atomic E-state index is 0.227. The van der Waals surface area contributed by atoms with Crippen LogP contribution < -0.4 is 0 Å². The molecule has 0 saturated heterocycles. The van der Waals surface area contributed by atoms with E-state index in [2.05, 4.69) is 0 Å². The predicted molar refractivity (Wildman–Crippen MR) is 48.5 cm³/mol. The molecule has 0 spiro atoms. The Morgan fingerprint density at radius 1 is 1.36 bits per heavy atom. The zero-order chi connectivity index (χ0) is 7.84. The largest absolute Gasteiger partial charge is 0.508 e. The molecule has 1 aromatic carbocycles. The molecule has 0 amide bonds. The van der Waals surface area contributed by atoms with E-state index < -0.39 is 0 Å². The normalized spacial score (nSPS) is 10.6. The molecule has 1 aromatic heterocycles. The van der Waals surface area contributed by atoms with Crippen LogP contribution in [-0.4, -0.2) is 5.11 Å². The van der Waals surface area contributed by atoms with Gasteiger partial charge in [0.25, 0.3) is 0 Å². The average molecular weight is 185 g/mol. The second kappa shape index (κ2) is 2.40.